The van der Waals surface area contributed by atoms with Gasteiger partial charge >= 0.3 is 6.18 Å². The number of nitrogens with one attached hydrogen (secondary N) is 1. The normalized spacial score (nSPS) is 11.5. The zero-order valence-electron chi connectivity index (χ0n) is 15.6. The number of hydrogen-bond acceptors (Lipinski definition) is 5. The number of alkyl halides is 3. The average Bonchev–Trinajstić information content (AvgIpc) is 3.30. The number of carbonyl (C=O) groups excluding carboxylic acids is 1. The maximum atomic E-state index is 13.6. The van der Waals surface area contributed by atoms with Crippen molar-refractivity contribution in [2.24, 2.45) is 7.05 Å². The standard InChI is InChI=1S/C19H11F4N7O/c1-29-17(11(8-24)9-25-29)27-18(31)14-7-16-26-13(10-2-4-12(20)5-3-10)6-15(19(21,22)23)30(16)28-14/h2-7,9H,1H3,(H,27,31). The molecule has 1 aromatic carbocycles. The number of nitriles is 1. The molecule has 8 nitrogen and oxygen atoms in total. The van der Waals surface area contributed by atoms with Gasteiger partial charge in [-0.15, -0.1) is 0 Å². The third-order valence-corrected chi connectivity index (χ3v) is 4.38. The lowest BCUT2D eigenvalue weighted by Crippen LogP contribution is -2.17. The SMILES string of the molecule is Cn1ncc(C#N)c1NC(=O)c1cc2nc(-c3ccc(F)cc3)cc(C(F)(F)F)n2n1. The second kappa shape index (κ2) is 7.21. The fourth-order valence-corrected chi connectivity index (χ4v) is 2.90. The van der Waals surface area contributed by atoms with E-state index in [1.165, 1.54) is 30.1 Å². The van der Waals surface area contributed by atoms with Gasteiger partial charge in [0.05, 0.1) is 11.9 Å². The van der Waals surface area contributed by atoms with Crippen molar-refractivity contribution in [1.29, 1.82) is 5.26 Å². The van der Waals surface area contributed by atoms with Gasteiger partial charge in [-0.1, -0.05) is 0 Å². The number of anilines is 1. The highest BCUT2D eigenvalue weighted by Gasteiger charge is 2.35. The molecule has 0 saturated carbocycles. The Bertz CT molecular complexity index is 1350. The van der Waals surface area contributed by atoms with Crippen LogP contribution in [0.25, 0.3) is 16.9 Å². The fraction of sp³-hybridized carbons (Fsp3) is 0.105. The Morgan fingerprint density at radius 1 is 1.19 bits per heavy atom. The number of aryl methyl sites for hydroxylation is 1. The molecule has 1 amide bonds. The Morgan fingerprint density at radius 2 is 1.90 bits per heavy atom. The van der Waals surface area contributed by atoms with Crippen molar-refractivity contribution in [3.63, 3.8) is 0 Å². The van der Waals surface area contributed by atoms with Crippen LogP contribution in [0.5, 0.6) is 0 Å². The molecule has 0 spiro atoms. The Kier molecular flexibility index (Phi) is 4.65. The lowest BCUT2D eigenvalue weighted by atomic mass is 10.1. The van der Waals surface area contributed by atoms with Crippen LogP contribution in [0, 0.1) is 17.1 Å². The minimum Gasteiger partial charge on any atom is -0.304 e. The number of fused-ring (bicyclic) bond motifs is 1. The van der Waals surface area contributed by atoms with E-state index < -0.39 is 23.6 Å². The summed E-state index contributed by atoms with van der Waals surface area (Å²) in [5, 5.41) is 19.1. The highest BCUT2D eigenvalue weighted by molar-refractivity contribution is 6.03. The molecule has 0 fully saturated rings. The number of aromatic nitrogens is 5. The number of halogens is 4. The predicted molar refractivity (Wildman–Crippen MR) is 99.3 cm³/mol. The Morgan fingerprint density at radius 3 is 2.55 bits per heavy atom. The summed E-state index contributed by atoms with van der Waals surface area (Å²) in [6.45, 7) is 0. The molecule has 1 N–H and O–H groups in total. The number of nitrogens with zero attached hydrogens (tertiary/aromatic N) is 6. The van der Waals surface area contributed by atoms with Crippen molar-refractivity contribution in [3.8, 4) is 17.3 Å². The first-order valence-corrected chi connectivity index (χ1v) is 8.65. The van der Waals surface area contributed by atoms with Crippen molar-refractivity contribution in [2.75, 3.05) is 5.32 Å². The first-order valence-electron chi connectivity index (χ1n) is 8.65. The summed E-state index contributed by atoms with van der Waals surface area (Å²) in [5.74, 6) is -1.32. The number of carbonyl (C=O) groups is 1. The van der Waals surface area contributed by atoms with Crippen LogP contribution in [0.15, 0.2) is 42.6 Å². The molecule has 3 aromatic heterocycles. The van der Waals surface area contributed by atoms with Crippen LogP contribution in [0.2, 0.25) is 0 Å². The first kappa shape index (κ1) is 20.0. The van der Waals surface area contributed by atoms with Gasteiger partial charge in [-0.2, -0.15) is 28.6 Å². The summed E-state index contributed by atoms with van der Waals surface area (Å²) in [6.07, 6.45) is -3.57. The topological polar surface area (TPSA) is 101 Å². The summed E-state index contributed by atoms with van der Waals surface area (Å²) < 4.78 is 55.9. The van der Waals surface area contributed by atoms with E-state index >= 15 is 0 Å². The van der Waals surface area contributed by atoms with Gasteiger partial charge < -0.3 is 5.32 Å². The monoisotopic (exact) mass is 429 g/mol. The van der Waals surface area contributed by atoms with E-state index in [4.69, 9.17) is 5.26 Å². The molecule has 3 heterocycles. The molecular weight excluding hydrogens is 418 g/mol. The Labute approximate surface area is 171 Å². The van der Waals surface area contributed by atoms with Crippen LogP contribution in [0.1, 0.15) is 21.7 Å². The van der Waals surface area contributed by atoms with E-state index in [9.17, 15) is 22.4 Å². The van der Waals surface area contributed by atoms with Crippen LogP contribution in [0.4, 0.5) is 23.4 Å². The van der Waals surface area contributed by atoms with E-state index in [-0.39, 0.29) is 34.0 Å². The zero-order valence-corrected chi connectivity index (χ0v) is 15.6. The predicted octanol–water partition coefficient (Wildman–Crippen LogP) is 3.41. The molecule has 156 valence electrons. The number of hydrogen-bond donors (Lipinski definition) is 1. The van der Waals surface area contributed by atoms with Crippen LogP contribution in [-0.2, 0) is 13.2 Å². The summed E-state index contributed by atoms with van der Waals surface area (Å²) in [6, 6.07) is 8.49. The third-order valence-electron chi connectivity index (χ3n) is 4.38. The highest BCUT2D eigenvalue weighted by Crippen LogP contribution is 2.32. The molecule has 31 heavy (non-hydrogen) atoms. The quantitative estimate of drug-likeness (QED) is 0.503. The summed E-state index contributed by atoms with van der Waals surface area (Å²) >= 11 is 0. The van der Waals surface area contributed by atoms with Gasteiger partial charge in [0.15, 0.2) is 17.0 Å². The molecule has 12 heteroatoms. The summed E-state index contributed by atoms with van der Waals surface area (Å²) in [4.78, 5) is 16.7. The fourth-order valence-electron chi connectivity index (χ4n) is 2.90. The van der Waals surface area contributed by atoms with Crippen LogP contribution >= 0.6 is 0 Å². The molecule has 0 atom stereocenters. The van der Waals surface area contributed by atoms with Gasteiger partial charge in [-0.05, 0) is 30.3 Å². The van der Waals surface area contributed by atoms with Crippen molar-refractivity contribution in [3.05, 3.63) is 65.4 Å². The van der Waals surface area contributed by atoms with Crippen molar-refractivity contribution >= 4 is 17.4 Å². The molecule has 0 bridgehead atoms. The van der Waals surface area contributed by atoms with E-state index in [1.807, 2.05) is 6.07 Å². The Balaban J connectivity index is 1.80. The van der Waals surface area contributed by atoms with E-state index in [1.54, 1.807) is 0 Å². The van der Waals surface area contributed by atoms with Gasteiger partial charge in [0.2, 0.25) is 0 Å². The lowest BCUT2D eigenvalue weighted by molar-refractivity contribution is -0.142. The molecule has 0 radical (unpaired) electrons. The zero-order chi connectivity index (χ0) is 22.3. The van der Waals surface area contributed by atoms with Crippen LogP contribution in [-0.4, -0.2) is 30.3 Å². The summed E-state index contributed by atoms with van der Waals surface area (Å²) in [7, 11) is 1.48. The van der Waals surface area contributed by atoms with E-state index in [2.05, 4.69) is 20.5 Å². The van der Waals surface area contributed by atoms with Gasteiger partial charge in [0.25, 0.3) is 5.91 Å². The lowest BCUT2D eigenvalue weighted by Gasteiger charge is -2.11. The second-order valence-corrected chi connectivity index (χ2v) is 6.43. The molecule has 0 aliphatic rings. The molecule has 0 aliphatic carbocycles. The number of benzene rings is 1. The maximum absolute atomic E-state index is 13.6. The molecule has 4 aromatic rings. The van der Waals surface area contributed by atoms with Gasteiger partial charge in [0.1, 0.15) is 23.3 Å². The van der Waals surface area contributed by atoms with Gasteiger partial charge in [0, 0.05) is 18.7 Å². The molecule has 4 rings (SSSR count). The van der Waals surface area contributed by atoms with E-state index in [0.717, 1.165) is 24.3 Å². The van der Waals surface area contributed by atoms with Crippen molar-refractivity contribution < 1.29 is 22.4 Å². The van der Waals surface area contributed by atoms with Crippen molar-refractivity contribution in [2.45, 2.75) is 6.18 Å². The summed E-state index contributed by atoms with van der Waals surface area (Å²) in [5.41, 5.74) is -1.47. The minimum absolute atomic E-state index is 0.0647. The maximum Gasteiger partial charge on any atom is 0.433 e. The molecular formula is C19H11F4N7O. The van der Waals surface area contributed by atoms with Gasteiger partial charge in [-0.3, -0.25) is 9.48 Å². The highest BCUT2D eigenvalue weighted by atomic mass is 19.4. The number of amides is 1. The Hall–Kier alpha value is -4.27. The minimum atomic E-state index is -4.80. The van der Waals surface area contributed by atoms with Crippen molar-refractivity contribution in [1.82, 2.24) is 24.4 Å². The molecule has 0 saturated heterocycles. The van der Waals surface area contributed by atoms with Gasteiger partial charge in [-0.25, -0.2) is 13.9 Å². The van der Waals surface area contributed by atoms with Crippen LogP contribution in [0.3, 0.4) is 0 Å². The average molecular weight is 429 g/mol. The third kappa shape index (κ3) is 3.68. The largest absolute Gasteiger partial charge is 0.433 e. The molecule has 0 unspecified atom stereocenters. The first-order chi connectivity index (χ1) is 14.7. The number of rotatable bonds is 3. The smallest absolute Gasteiger partial charge is 0.304 e. The van der Waals surface area contributed by atoms with E-state index in [0.29, 0.717) is 4.52 Å². The van der Waals surface area contributed by atoms with Crippen LogP contribution < -0.4 is 5.32 Å². The molecule has 0 aliphatic heterocycles. The second-order valence-electron chi connectivity index (χ2n) is 6.43.